The number of primary amides is 1. The smallest absolute Gasteiger partial charge is 0.255 e. The Kier molecular flexibility index (Phi) is 6.39. The molecular weight excluding hydrogens is 440 g/mol. The van der Waals surface area contributed by atoms with Gasteiger partial charge in [-0.3, -0.25) is 19.4 Å². The molecule has 0 fully saturated rings. The second-order valence-electron chi connectivity index (χ2n) is 8.80. The molecule has 1 aromatic carbocycles. The largest absolute Gasteiger partial charge is 0.511 e. The van der Waals surface area contributed by atoms with Gasteiger partial charge < -0.3 is 25.8 Å². The quantitative estimate of drug-likeness (QED) is 0.471. The lowest BCUT2D eigenvalue weighted by molar-refractivity contribution is -0.127. The lowest BCUT2D eigenvalue weighted by Crippen LogP contribution is -2.39. The molecule has 4 rings (SSSR count). The first kappa shape index (κ1) is 23.4. The number of nitrogens with zero attached hydrogens (tertiary/aromatic N) is 1. The monoisotopic (exact) mass is 466 g/mol. The summed E-state index contributed by atoms with van der Waals surface area (Å²) in [5.74, 6) is -3.40. The Bertz CT molecular complexity index is 1200. The highest BCUT2D eigenvalue weighted by molar-refractivity contribution is 6.20. The molecule has 3 atom stereocenters. The number of phenolic OH excluding ortho intramolecular Hbond substituents is 1. The van der Waals surface area contributed by atoms with Crippen LogP contribution in [0.3, 0.4) is 0 Å². The van der Waals surface area contributed by atoms with E-state index >= 15 is 0 Å². The first-order valence-corrected chi connectivity index (χ1v) is 11.0. The number of benzene rings is 1. The molecule has 5 N–H and O–H groups in total. The molecule has 0 radical (unpaired) electrons. The van der Waals surface area contributed by atoms with Crippen molar-refractivity contribution in [2.45, 2.75) is 25.7 Å². The van der Waals surface area contributed by atoms with Crippen molar-refractivity contribution in [1.29, 1.82) is 0 Å². The first-order chi connectivity index (χ1) is 16.3. The fourth-order valence-corrected chi connectivity index (χ4v) is 5.27. The maximum absolute atomic E-state index is 13.1. The lowest BCUT2D eigenvalue weighted by atomic mass is 9.70. The van der Waals surface area contributed by atoms with Crippen LogP contribution in [-0.2, 0) is 16.0 Å². The zero-order valence-corrected chi connectivity index (χ0v) is 18.7. The van der Waals surface area contributed by atoms with Crippen LogP contribution in [0.2, 0.25) is 0 Å². The van der Waals surface area contributed by atoms with Crippen molar-refractivity contribution >= 4 is 17.5 Å². The summed E-state index contributed by atoms with van der Waals surface area (Å²) in [6, 6.07) is 4.91. The molecule has 34 heavy (non-hydrogen) atoms. The number of allylic oxidation sites excluding steroid dienone is 1. The number of Topliss-reactive ketones (excluding diaryl/α,β-unsaturated/α-hetero) is 2. The number of amides is 1. The van der Waals surface area contributed by atoms with Gasteiger partial charge in [-0.05, 0) is 47.9 Å². The summed E-state index contributed by atoms with van der Waals surface area (Å²) in [4.78, 5) is 41.5. The van der Waals surface area contributed by atoms with Gasteiger partial charge in [0.2, 0.25) is 0 Å². The topological polar surface area (TPSA) is 160 Å². The van der Waals surface area contributed by atoms with Gasteiger partial charge in [0.25, 0.3) is 5.91 Å². The van der Waals surface area contributed by atoms with Gasteiger partial charge >= 0.3 is 0 Å². The number of phenols is 1. The summed E-state index contributed by atoms with van der Waals surface area (Å²) in [5.41, 5.74) is 7.09. The zero-order valence-electron chi connectivity index (χ0n) is 18.7. The van der Waals surface area contributed by atoms with Crippen LogP contribution in [0.5, 0.6) is 11.5 Å². The van der Waals surface area contributed by atoms with E-state index in [1.165, 1.54) is 13.2 Å². The van der Waals surface area contributed by atoms with Gasteiger partial charge in [0, 0.05) is 36.7 Å². The molecule has 0 saturated heterocycles. The molecule has 1 amide bonds. The van der Waals surface area contributed by atoms with E-state index in [0.717, 1.165) is 0 Å². The number of nitrogens with two attached hydrogens (primary N) is 1. The highest BCUT2D eigenvalue weighted by Gasteiger charge is 2.41. The highest BCUT2D eigenvalue weighted by Crippen LogP contribution is 2.44. The van der Waals surface area contributed by atoms with Crippen molar-refractivity contribution in [3.8, 4) is 22.6 Å². The van der Waals surface area contributed by atoms with E-state index in [0.29, 0.717) is 35.3 Å². The summed E-state index contributed by atoms with van der Waals surface area (Å²) in [7, 11) is 1.54. The highest BCUT2D eigenvalue weighted by atomic mass is 16.5. The Morgan fingerprint density at radius 2 is 1.91 bits per heavy atom. The number of hydrogen-bond donors (Lipinski definition) is 4. The number of carbonyl (C=O) groups excluding carboxylic acids is 3. The van der Waals surface area contributed by atoms with Crippen LogP contribution in [0.15, 0.2) is 41.9 Å². The number of fused-ring (bicyclic) bond motifs is 1. The van der Waals surface area contributed by atoms with Crippen LogP contribution >= 0.6 is 0 Å². The van der Waals surface area contributed by atoms with Crippen LogP contribution < -0.4 is 10.5 Å². The van der Waals surface area contributed by atoms with Crippen molar-refractivity contribution in [2.24, 2.45) is 23.5 Å². The van der Waals surface area contributed by atoms with E-state index < -0.39 is 35.7 Å². The molecule has 3 unspecified atom stereocenters. The van der Waals surface area contributed by atoms with Crippen molar-refractivity contribution in [3.63, 3.8) is 0 Å². The first-order valence-electron chi connectivity index (χ1n) is 11.0. The Balaban J connectivity index is 1.69. The van der Waals surface area contributed by atoms with E-state index in [1.807, 2.05) is 0 Å². The Labute approximate surface area is 195 Å². The van der Waals surface area contributed by atoms with Gasteiger partial charge in [0.05, 0.1) is 19.3 Å². The van der Waals surface area contributed by atoms with E-state index in [4.69, 9.17) is 10.5 Å². The summed E-state index contributed by atoms with van der Waals surface area (Å²) < 4.78 is 5.45. The molecule has 0 aliphatic heterocycles. The average molecular weight is 466 g/mol. The molecule has 1 heterocycles. The predicted octanol–water partition coefficient (Wildman–Crippen LogP) is 2.09. The Morgan fingerprint density at radius 1 is 1.15 bits per heavy atom. The van der Waals surface area contributed by atoms with Crippen LogP contribution in [0.4, 0.5) is 0 Å². The number of carbonyl (C=O) groups is 3. The maximum atomic E-state index is 13.1. The summed E-state index contributed by atoms with van der Waals surface area (Å²) in [6.45, 7) is -0.496. The van der Waals surface area contributed by atoms with Gasteiger partial charge in [-0.2, -0.15) is 0 Å². The number of ketones is 2. The second kappa shape index (κ2) is 9.26. The molecular formula is C25H26N2O7. The fraction of sp³-hybridized carbons (Fsp3) is 0.360. The molecule has 9 heteroatoms. The van der Waals surface area contributed by atoms with E-state index in [1.54, 1.807) is 24.5 Å². The molecule has 2 aromatic rings. The second-order valence-corrected chi connectivity index (χ2v) is 8.80. The molecule has 0 spiro atoms. The third-order valence-corrected chi connectivity index (χ3v) is 6.80. The van der Waals surface area contributed by atoms with Crippen LogP contribution in [-0.4, -0.2) is 51.5 Å². The minimum atomic E-state index is -1.02. The van der Waals surface area contributed by atoms with Gasteiger partial charge in [-0.15, -0.1) is 0 Å². The minimum Gasteiger partial charge on any atom is -0.511 e. The Hall–Kier alpha value is -3.72. The number of ether oxygens (including phenoxy) is 1. The molecule has 178 valence electrons. The number of aliphatic hydroxyl groups is 2. The van der Waals surface area contributed by atoms with E-state index in [9.17, 15) is 29.7 Å². The van der Waals surface area contributed by atoms with Crippen LogP contribution in [0.25, 0.3) is 11.1 Å². The lowest BCUT2D eigenvalue weighted by Gasteiger charge is -2.34. The number of aliphatic hydroxyl groups excluding tert-OH is 2. The number of hydrogen-bond acceptors (Lipinski definition) is 8. The SMILES string of the molecule is COc1ccncc1-c1ccc(O)c2c1CC(CC1CC(O)=C(C(N)=O)C(=O)C1CO)CC2=O. The number of methoxy groups -OCH3 is 1. The molecule has 9 nitrogen and oxygen atoms in total. The third-order valence-electron chi connectivity index (χ3n) is 6.80. The normalized spacial score (nSPS) is 22.5. The Morgan fingerprint density at radius 3 is 2.59 bits per heavy atom. The zero-order chi connectivity index (χ0) is 24.6. The van der Waals surface area contributed by atoms with Crippen molar-refractivity contribution in [1.82, 2.24) is 4.98 Å². The van der Waals surface area contributed by atoms with Crippen molar-refractivity contribution in [3.05, 3.63) is 53.1 Å². The summed E-state index contributed by atoms with van der Waals surface area (Å²) >= 11 is 0. The van der Waals surface area contributed by atoms with Crippen molar-refractivity contribution in [2.75, 3.05) is 13.7 Å². The van der Waals surface area contributed by atoms with Gasteiger partial charge in [0.15, 0.2) is 11.6 Å². The maximum Gasteiger partial charge on any atom is 0.255 e. The van der Waals surface area contributed by atoms with Gasteiger partial charge in [-0.1, -0.05) is 6.07 Å². The van der Waals surface area contributed by atoms with E-state index in [2.05, 4.69) is 4.98 Å². The summed E-state index contributed by atoms with van der Waals surface area (Å²) in [5, 5.41) is 30.6. The fourth-order valence-electron chi connectivity index (χ4n) is 5.27. The predicted molar refractivity (Wildman–Crippen MR) is 121 cm³/mol. The van der Waals surface area contributed by atoms with E-state index in [-0.39, 0.29) is 41.6 Å². The molecule has 0 saturated carbocycles. The van der Waals surface area contributed by atoms with Gasteiger partial charge in [0.1, 0.15) is 22.8 Å². The molecule has 0 bridgehead atoms. The van der Waals surface area contributed by atoms with Crippen molar-refractivity contribution < 1.29 is 34.4 Å². The summed E-state index contributed by atoms with van der Waals surface area (Å²) in [6.07, 6.45) is 4.17. The standard InChI is InChI=1S/C25H26N2O7/c1-34-21-4-5-27-10-16(21)14-2-3-18(29)22-15(14)7-12(8-19(22)30)6-13-9-20(31)23(25(26)33)24(32)17(13)11-28/h2-5,10,12-13,17,28-29,31H,6-9,11H2,1H3,(H2,26,33). The van der Waals surface area contributed by atoms with Crippen LogP contribution in [0.1, 0.15) is 35.2 Å². The number of aromatic nitrogens is 1. The number of aromatic hydroxyl groups is 1. The minimum absolute atomic E-state index is 0.0100. The van der Waals surface area contributed by atoms with Crippen LogP contribution in [0, 0.1) is 17.8 Å². The molecule has 2 aliphatic carbocycles. The third kappa shape index (κ3) is 4.03. The number of pyridine rings is 1. The molecule has 1 aromatic heterocycles. The number of rotatable bonds is 6. The molecule has 2 aliphatic rings. The average Bonchev–Trinajstić information content (AvgIpc) is 2.79. The van der Waals surface area contributed by atoms with Gasteiger partial charge in [-0.25, -0.2) is 0 Å².